The molecule has 0 radical (unpaired) electrons. The van der Waals surface area contributed by atoms with Gasteiger partial charge in [-0.25, -0.2) is 32.9 Å². The van der Waals surface area contributed by atoms with Crippen LogP contribution in [0.15, 0.2) is 41.8 Å². The van der Waals surface area contributed by atoms with Crippen molar-refractivity contribution < 1.29 is 13.2 Å². The van der Waals surface area contributed by atoms with E-state index in [1.807, 2.05) is 13.8 Å². The lowest BCUT2D eigenvalue weighted by atomic mass is 10.2. The first-order chi connectivity index (χ1) is 15.6. The normalized spacial score (nSPS) is 12.5. The summed E-state index contributed by atoms with van der Waals surface area (Å²) < 4.78 is 28.8. The number of aromatic nitrogens is 5. The van der Waals surface area contributed by atoms with Gasteiger partial charge in [0.15, 0.2) is 5.82 Å². The maximum absolute atomic E-state index is 12.5. The second-order valence-electron chi connectivity index (χ2n) is 7.41. The van der Waals surface area contributed by atoms with Crippen molar-refractivity contribution >= 4 is 44.9 Å². The summed E-state index contributed by atoms with van der Waals surface area (Å²) in [4.78, 5) is 24.8. The van der Waals surface area contributed by atoms with Crippen LogP contribution in [0.2, 0.25) is 10.0 Å². The van der Waals surface area contributed by atoms with E-state index in [1.54, 1.807) is 25.4 Å². The van der Waals surface area contributed by atoms with Crippen LogP contribution in [0.1, 0.15) is 32.6 Å². The molecule has 3 N–H and O–H groups in total. The maximum atomic E-state index is 12.5. The van der Waals surface area contributed by atoms with Gasteiger partial charge in [-0.2, -0.15) is 9.78 Å². The van der Waals surface area contributed by atoms with Crippen LogP contribution in [0.5, 0.6) is 0 Å². The molecule has 0 fully saturated rings. The zero-order chi connectivity index (χ0) is 24.2. The smallest absolute Gasteiger partial charge is 0.319 e. The van der Waals surface area contributed by atoms with E-state index >= 15 is 0 Å². The summed E-state index contributed by atoms with van der Waals surface area (Å²) in [6.45, 7) is 5.70. The van der Waals surface area contributed by atoms with Gasteiger partial charge in [-0.1, -0.05) is 37.0 Å². The Kier molecular flexibility index (Phi) is 7.84. The van der Waals surface area contributed by atoms with E-state index in [4.69, 9.17) is 23.2 Å². The van der Waals surface area contributed by atoms with Gasteiger partial charge in [0, 0.05) is 18.9 Å². The molecule has 11 nitrogen and oxygen atoms in total. The second-order valence-corrected chi connectivity index (χ2v) is 9.96. The van der Waals surface area contributed by atoms with Crippen LogP contribution in [0.25, 0.3) is 5.95 Å². The van der Waals surface area contributed by atoms with E-state index in [-0.39, 0.29) is 33.1 Å². The Hall–Kier alpha value is -2.80. The molecule has 0 spiro atoms. The van der Waals surface area contributed by atoms with Gasteiger partial charge in [0.2, 0.25) is 10.0 Å². The van der Waals surface area contributed by atoms with Crippen LogP contribution < -0.4 is 15.4 Å². The van der Waals surface area contributed by atoms with Crippen molar-refractivity contribution in [2.45, 2.75) is 31.7 Å². The molecule has 0 saturated heterocycles. The third-order valence-electron chi connectivity index (χ3n) is 4.29. The predicted octanol–water partition coefficient (Wildman–Crippen LogP) is 3.18. The first-order valence-electron chi connectivity index (χ1n) is 9.82. The Morgan fingerprint density at radius 1 is 1.09 bits per heavy atom. The van der Waals surface area contributed by atoms with Gasteiger partial charge < -0.3 is 10.6 Å². The average Bonchev–Trinajstić information content (AvgIpc) is 3.25. The number of hydrogen-bond donors (Lipinski definition) is 3. The number of nitrogens with zero attached hydrogens (tertiary/aromatic N) is 5. The number of carbonyl (C=O) groups is 1. The van der Waals surface area contributed by atoms with E-state index < -0.39 is 22.1 Å². The first kappa shape index (κ1) is 24.8. The fourth-order valence-corrected chi connectivity index (χ4v) is 4.75. The Balaban J connectivity index is 1.73. The number of hydrogen-bond acceptors (Lipinski definition) is 7. The number of anilines is 1. The molecule has 3 rings (SSSR count). The van der Waals surface area contributed by atoms with E-state index in [9.17, 15) is 13.2 Å². The van der Waals surface area contributed by atoms with Crippen molar-refractivity contribution in [3.8, 4) is 5.95 Å². The molecule has 2 amide bonds. The number of rotatable bonds is 8. The van der Waals surface area contributed by atoms with Crippen LogP contribution in [-0.4, -0.2) is 45.7 Å². The molecule has 0 bridgehead atoms. The molecule has 3 aromatic rings. The number of benzene rings is 1. The lowest BCUT2D eigenvalue weighted by Crippen LogP contribution is -2.33. The molecule has 2 heterocycles. The molecule has 1 aromatic carbocycles. The number of amides is 2. The average molecular weight is 513 g/mol. The Labute approximate surface area is 201 Å². The molecule has 176 valence electrons. The zero-order valence-corrected chi connectivity index (χ0v) is 20.3. The summed E-state index contributed by atoms with van der Waals surface area (Å²) in [5, 5.41) is 9.28. The van der Waals surface area contributed by atoms with Crippen molar-refractivity contribution in [3.05, 3.63) is 52.8 Å². The maximum Gasteiger partial charge on any atom is 0.319 e. The Morgan fingerprint density at radius 2 is 1.79 bits per heavy atom. The van der Waals surface area contributed by atoms with E-state index in [1.165, 1.54) is 23.1 Å². The van der Waals surface area contributed by atoms with Crippen molar-refractivity contribution in [3.63, 3.8) is 0 Å². The van der Waals surface area contributed by atoms with E-state index in [0.717, 1.165) is 0 Å². The summed E-state index contributed by atoms with van der Waals surface area (Å²) in [6.07, 6.45) is 4.45. The van der Waals surface area contributed by atoms with Crippen molar-refractivity contribution in [1.82, 2.24) is 34.8 Å². The van der Waals surface area contributed by atoms with E-state index in [2.05, 4.69) is 35.4 Å². The van der Waals surface area contributed by atoms with Crippen LogP contribution in [0.4, 0.5) is 10.5 Å². The molecule has 33 heavy (non-hydrogen) atoms. The van der Waals surface area contributed by atoms with Crippen LogP contribution in [-0.2, 0) is 10.0 Å². The number of sulfonamides is 1. The van der Waals surface area contributed by atoms with Gasteiger partial charge in [-0.05, 0) is 31.0 Å². The molecule has 2 aromatic heterocycles. The van der Waals surface area contributed by atoms with Crippen LogP contribution >= 0.6 is 23.2 Å². The molecule has 14 heteroatoms. The third-order valence-corrected chi connectivity index (χ3v) is 6.49. The second kappa shape index (κ2) is 10.4. The molecular weight excluding hydrogens is 491 g/mol. The van der Waals surface area contributed by atoms with Crippen molar-refractivity contribution in [1.29, 1.82) is 0 Å². The molecule has 0 aliphatic heterocycles. The van der Waals surface area contributed by atoms with Gasteiger partial charge in [0.25, 0.3) is 5.95 Å². The van der Waals surface area contributed by atoms with Gasteiger partial charge in [-0.3, -0.25) is 0 Å². The molecule has 1 atom stereocenters. The minimum Gasteiger partial charge on any atom is -0.328 e. The number of carbonyl (C=O) groups excluding carboxylic acids is 1. The summed E-state index contributed by atoms with van der Waals surface area (Å²) >= 11 is 12.4. The largest absolute Gasteiger partial charge is 0.328 e. The third kappa shape index (κ3) is 6.16. The molecule has 1 unspecified atom stereocenters. The molecule has 0 saturated carbocycles. The Bertz CT molecular complexity index is 1240. The van der Waals surface area contributed by atoms with Gasteiger partial charge in [0.05, 0.1) is 21.8 Å². The highest BCUT2D eigenvalue weighted by molar-refractivity contribution is 7.89. The summed E-state index contributed by atoms with van der Waals surface area (Å²) in [5.41, 5.74) is 0.141. The standard InChI is InChI=1S/C19H22Cl2N8O3S/c1-11(2)9-26-33(31,32)16-8-13(20)15(7-14(16)21)28-19(30)27-12(3)17-24-10-25-29(17)18-22-5-4-6-23-18/h4-8,10-12,26H,9H2,1-3H3,(H2,27,28,30). The van der Waals surface area contributed by atoms with Gasteiger partial charge >= 0.3 is 6.03 Å². The SMILES string of the molecule is CC(C)CNS(=O)(=O)c1cc(Cl)c(NC(=O)NC(C)c2ncnn2-c2ncccn2)cc1Cl. The summed E-state index contributed by atoms with van der Waals surface area (Å²) in [7, 11) is -3.86. The highest BCUT2D eigenvalue weighted by Crippen LogP contribution is 2.32. The monoisotopic (exact) mass is 512 g/mol. The lowest BCUT2D eigenvalue weighted by Gasteiger charge is -2.16. The fourth-order valence-electron chi connectivity index (χ4n) is 2.70. The predicted molar refractivity (Wildman–Crippen MR) is 124 cm³/mol. The van der Waals surface area contributed by atoms with Gasteiger partial charge in [0.1, 0.15) is 11.2 Å². The van der Waals surface area contributed by atoms with Crippen LogP contribution in [0, 0.1) is 5.92 Å². The van der Waals surface area contributed by atoms with Crippen molar-refractivity contribution in [2.75, 3.05) is 11.9 Å². The lowest BCUT2D eigenvalue weighted by molar-refractivity contribution is 0.248. The topological polar surface area (TPSA) is 144 Å². The summed E-state index contributed by atoms with van der Waals surface area (Å²) in [5.74, 6) is 0.815. The Morgan fingerprint density at radius 3 is 2.45 bits per heavy atom. The first-order valence-corrected chi connectivity index (χ1v) is 12.1. The minimum atomic E-state index is -3.86. The minimum absolute atomic E-state index is 0.00739. The number of halogens is 2. The zero-order valence-electron chi connectivity index (χ0n) is 18.0. The number of urea groups is 1. The quantitative estimate of drug-likeness (QED) is 0.420. The fraction of sp³-hybridized carbons (Fsp3) is 0.316. The molecule has 0 aliphatic carbocycles. The highest BCUT2D eigenvalue weighted by atomic mass is 35.5. The van der Waals surface area contributed by atoms with Crippen LogP contribution in [0.3, 0.4) is 0 Å². The van der Waals surface area contributed by atoms with Crippen molar-refractivity contribution in [2.24, 2.45) is 5.92 Å². The summed E-state index contributed by atoms with van der Waals surface area (Å²) in [6, 6.07) is 2.94. The van der Waals surface area contributed by atoms with Gasteiger partial charge in [-0.15, -0.1) is 0 Å². The number of nitrogens with one attached hydrogen (secondary N) is 3. The molecule has 0 aliphatic rings. The molecular formula is C19H22Cl2N8O3S. The van der Waals surface area contributed by atoms with E-state index in [0.29, 0.717) is 11.8 Å². The highest BCUT2D eigenvalue weighted by Gasteiger charge is 2.22.